The van der Waals surface area contributed by atoms with Crippen molar-refractivity contribution in [1.29, 1.82) is 0 Å². The van der Waals surface area contributed by atoms with Gasteiger partial charge in [-0.2, -0.15) is 0 Å². The molecule has 1 saturated heterocycles. The van der Waals surface area contributed by atoms with E-state index in [1.165, 1.54) is 6.20 Å². The van der Waals surface area contributed by atoms with E-state index in [0.717, 1.165) is 0 Å². The van der Waals surface area contributed by atoms with E-state index in [2.05, 4.69) is 9.71 Å². The Kier molecular flexibility index (Phi) is 3.50. The number of aryl methyl sites for hydroxylation is 1. The van der Waals surface area contributed by atoms with Crippen LogP contribution in [0.1, 0.15) is 24.8 Å². The summed E-state index contributed by atoms with van der Waals surface area (Å²) in [5.74, 6) is -0.865. The SMILES string of the molecule is Cc1cccnc1S(=O)(=O)NCC12CCC(C(=O)O)(CO1)C2. The van der Waals surface area contributed by atoms with E-state index in [1.54, 1.807) is 19.1 Å². The van der Waals surface area contributed by atoms with E-state index in [-0.39, 0.29) is 18.2 Å². The molecule has 1 saturated carbocycles. The summed E-state index contributed by atoms with van der Waals surface area (Å²) in [7, 11) is -3.74. The van der Waals surface area contributed by atoms with Gasteiger partial charge in [0.1, 0.15) is 0 Å². The molecule has 2 fully saturated rings. The third-order valence-corrected chi connectivity index (χ3v) is 6.09. The van der Waals surface area contributed by atoms with Gasteiger partial charge in [0.15, 0.2) is 5.03 Å². The van der Waals surface area contributed by atoms with Gasteiger partial charge in [-0.25, -0.2) is 18.1 Å². The highest BCUT2D eigenvalue weighted by atomic mass is 32.2. The zero-order valence-electron chi connectivity index (χ0n) is 12.2. The minimum Gasteiger partial charge on any atom is -0.481 e. The molecule has 0 radical (unpaired) electrons. The summed E-state index contributed by atoms with van der Waals surface area (Å²) in [5.41, 5.74) is -1.01. The van der Waals surface area contributed by atoms with Crippen molar-refractivity contribution in [2.75, 3.05) is 13.2 Å². The first-order valence-corrected chi connectivity index (χ1v) is 8.56. The molecule has 1 aromatic heterocycles. The van der Waals surface area contributed by atoms with Crippen LogP contribution in [0.3, 0.4) is 0 Å². The third kappa shape index (κ3) is 2.41. The molecule has 8 heteroatoms. The van der Waals surface area contributed by atoms with Crippen LogP contribution in [-0.4, -0.2) is 43.2 Å². The highest BCUT2D eigenvalue weighted by Crippen LogP contribution is 2.52. The topological polar surface area (TPSA) is 106 Å². The Bertz CT molecular complexity index is 708. The second-order valence-corrected chi connectivity index (χ2v) is 7.87. The fraction of sp³-hybridized carbons (Fsp3) is 0.571. The molecule has 2 heterocycles. The van der Waals surface area contributed by atoms with E-state index in [0.29, 0.717) is 24.8 Å². The number of rotatable bonds is 5. The lowest BCUT2D eigenvalue weighted by molar-refractivity contribution is -0.150. The maximum Gasteiger partial charge on any atom is 0.312 e. The molecule has 7 nitrogen and oxygen atoms in total. The maximum absolute atomic E-state index is 12.3. The van der Waals surface area contributed by atoms with Gasteiger partial charge in [0.2, 0.25) is 0 Å². The average Bonchev–Trinajstić information content (AvgIpc) is 3.04. The molecule has 1 aliphatic carbocycles. The van der Waals surface area contributed by atoms with Gasteiger partial charge in [0.05, 0.1) is 17.6 Å². The number of sulfonamides is 1. The van der Waals surface area contributed by atoms with Gasteiger partial charge in [-0.1, -0.05) is 6.07 Å². The van der Waals surface area contributed by atoms with Crippen LogP contribution in [0.5, 0.6) is 0 Å². The highest BCUT2D eigenvalue weighted by molar-refractivity contribution is 7.89. The number of ether oxygens (including phenoxy) is 1. The number of aromatic nitrogens is 1. The Balaban J connectivity index is 1.74. The van der Waals surface area contributed by atoms with Gasteiger partial charge in [-0.3, -0.25) is 4.79 Å². The number of fused-ring (bicyclic) bond motifs is 2. The molecule has 2 aliphatic rings. The molecule has 2 atom stereocenters. The number of hydrogen-bond acceptors (Lipinski definition) is 5. The molecule has 2 bridgehead atoms. The normalized spacial score (nSPS) is 30.6. The molecule has 2 unspecified atom stereocenters. The summed E-state index contributed by atoms with van der Waals surface area (Å²) in [5, 5.41) is 9.31. The number of nitrogens with zero attached hydrogens (tertiary/aromatic N) is 1. The number of carboxylic acids is 1. The van der Waals surface area contributed by atoms with Gasteiger partial charge >= 0.3 is 5.97 Å². The summed E-state index contributed by atoms with van der Waals surface area (Å²) in [6.45, 7) is 1.89. The van der Waals surface area contributed by atoms with E-state index in [4.69, 9.17) is 4.74 Å². The van der Waals surface area contributed by atoms with Crippen molar-refractivity contribution in [3.8, 4) is 0 Å². The van der Waals surface area contributed by atoms with Gasteiger partial charge < -0.3 is 9.84 Å². The molecule has 0 spiro atoms. The van der Waals surface area contributed by atoms with Crippen LogP contribution in [0.2, 0.25) is 0 Å². The summed E-state index contributed by atoms with van der Waals surface area (Å²) in [6, 6.07) is 3.35. The van der Waals surface area contributed by atoms with E-state index in [9.17, 15) is 18.3 Å². The van der Waals surface area contributed by atoms with Crippen molar-refractivity contribution in [2.45, 2.75) is 36.8 Å². The second kappa shape index (κ2) is 5.00. The zero-order chi connectivity index (χ0) is 16.0. The van der Waals surface area contributed by atoms with Gasteiger partial charge in [0, 0.05) is 12.7 Å². The van der Waals surface area contributed by atoms with Crippen molar-refractivity contribution < 1.29 is 23.1 Å². The molecule has 120 valence electrons. The van der Waals surface area contributed by atoms with Crippen LogP contribution < -0.4 is 4.72 Å². The van der Waals surface area contributed by atoms with Crippen LogP contribution in [-0.2, 0) is 19.6 Å². The highest BCUT2D eigenvalue weighted by Gasteiger charge is 2.59. The Morgan fingerprint density at radius 3 is 2.82 bits per heavy atom. The molecular formula is C14H18N2O5S. The fourth-order valence-corrected chi connectivity index (χ4v) is 4.57. The number of hydrogen-bond donors (Lipinski definition) is 2. The zero-order valence-corrected chi connectivity index (χ0v) is 13.0. The van der Waals surface area contributed by atoms with Crippen LogP contribution in [0.4, 0.5) is 0 Å². The van der Waals surface area contributed by atoms with Crippen LogP contribution in [0.25, 0.3) is 0 Å². The third-order valence-electron chi connectivity index (χ3n) is 4.63. The Morgan fingerprint density at radius 1 is 1.50 bits per heavy atom. The lowest BCUT2D eigenvalue weighted by atomic mass is 9.88. The number of pyridine rings is 1. The Labute approximate surface area is 128 Å². The summed E-state index contributed by atoms with van der Waals surface area (Å²) in [6.07, 6.45) is 2.84. The first kappa shape index (κ1) is 15.4. The molecule has 3 rings (SSSR count). The first-order chi connectivity index (χ1) is 10.3. The number of carboxylic acid groups (broad SMARTS) is 1. The van der Waals surface area contributed by atoms with Crippen molar-refractivity contribution in [3.63, 3.8) is 0 Å². The van der Waals surface area contributed by atoms with E-state index < -0.39 is 27.0 Å². The summed E-state index contributed by atoms with van der Waals surface area (Å²) >= 11 is 0. The Morgan fingerprint density at radius 2 is 2.27 bits per heavy atom. The number of aliphatic carboxylic acids is 1. The van der Waals surface area contributed by atoms with Crippen molar-refractivity contribution in [3.05, 3.63) is 23.9 Å². The van der Waals surface area contributed by atoms with Gasteiger partial charge in [-0.15, -0.1) is 0 Å². The quantitative estimate of drug-likeness (QED) is 0.825. The van der Waals surface area contributed by atoms with Crippen LogP contribution in [0, 0.1) is 12.3 Å². The molecule has 1 aromatic rings. The van der Waals surface area contributed by atoms with Crippen molar-refractivity contribution in [1.82, 2.24) is 9.71 Å². The molecule has 0 amide bonds. The fourth-order valence-electron chi connectivity index (χ4n) is 3.29. The number of nitrogens with one attached hydrogen (secondary N) is 1. The predicted molar refractivity (Wildman–Crippen MR) is 76.8 cm³/mol. The smallest absolute Gasteiger partial charge is 0.312 e. The number of carbonyl (C=O) groups is 1. The minimum absolute atomic E-state index is 0.00751. The molecular weight excluding hydrogens is 308 g/mol. The molecule has 22 heavy (non-hydrogen) atoms. The predicted octanol–water partition coefficient (Wildman–Crippen LogP) is 0.692. The molecule has 0 aromatic carbocycles. The van der Waals surface area contributed by atoms with E-state index in [1.807, 2.05) is 0 Å². The van der Waals surface area contributed by atoms with Crippen molar-refractivity contribution in [2.24, 2.45) is 5.41 Å². The van der Waals surface area contributed by atoms with Crippen LogP contribution >= 0.6 is 0 Å². The first-order valence-electron chi connectivity index (χ1n) is 7.07. The monoisotopic (exact) mass is 326 g/mol. The maximum atomic E-state index is 12.3. The lowest BCUT2D eigenvalue weighted by Gasteiger charge is -2.27. The minimum atomic E-state index is -3.74. The lowest BCUT2D eigenvalue weighted by Crippen LogP contribution is -2.42. The van der Waals surface area contributed by atoms with E-state index >= 15 is 0 Å². The largest absolute Gasteiger partial charge is 0.481 e. The second-order valence-electron chi connectivity index (χ2n) is 6.18. The summed E-state index contributed by atoms with van der Waals surface area (Å²) in [4.78, 5) is 15.3. The van der Waals surface area contributed by atoms with Crippen LogP contribution in [0.15, 0.2) is 23.4 Å². The average molecular weight is 326 g/mol. The summed E-state index contributed by atoms with van der Waals surface area (Å²) < 4.78 is 32.9. The van der Waals surface area contributed by atoms with Gasteiger partial charge in [-0.05, 0) is 37.8 Å². The molecule has 1 aliphatic heterocycles. The molecule has 2 N–H and O–H groups in total. The Hall–Kier alpha value is -1.51. The standard InChI is InChI=1S/C14H18N2O5S/c1-10-3-2-6-15-11(10)22(19,20)16-8-14-5-4-13(7-14,9-21-14)12(17)18/h2-3,6,16H,4-5,7-9H2,1H3,(H,17,18). The van der Waals surface area contributed by atoms with Gasteiger partial charge in [0.25, 0.3) is 10.0 Å². The van der Waals surface area contributed by atoms with Crippen molar-refractivity contribution >= 4 is 16.0 Å².